The molecule has 0 fully saturated rings. The van der Waals surface area contributed by atoms with Crippen LogP contribution in [-0.2, 0) is 0 Å². The summed E-state index contributed by atoms with van der Waals surface area (Å²) in [6.45, 7) is 4.34. The van der Waals surface area contributed by atoms with Gasteiger partial charge < -0.3 is 9.80 Å². The van der Waals surface area contributed by atoms with Crippen molar-refractivity contribution in [3.8, 4) is 17.2 Å². The quantitative estimate of drug-likeness (QED) is 0.620. The zero-order chi connectivity index (χ0) is 18.3. The van der Waals surface area contributed by atoms with Crippen LogP contribution in [0.2, 0.25) is 0 Å². The summed E-state index contributed by atoms with van der Waals surface area (Å²) >= 11 is 0. The van der Waals surface area contributed by atoms with E-state index in [9.17, 15) is 5.26 Å². The molecule has 4 rings (SSSR count). The summed E-state index contributed by atoms with van der Waals surface area (Å²) in [7, 11) is 2.10. The summed E-state index contributed by atoms with van der Waals surface area (Å²) in [5.74, 6) is 0. The summed E-state index contributed by atoms with van der Waals surface area (Å²) in [5.41, 5.74) is 7.78. The first-order valence-electron chi connectivity index (χ1n) is 8.82. The number of fused-ring (bicyclic) bond motifs is 1. The SMILES string of the molecule is Cc1cc(-c2ccccc2)ccc1N1c2cc(C#N)ccc2N(C)C1C. The number of anilines is 3. The first-order valence-corrected chi connectivity index (χ1v) is 8.82. The Morgan fingerprint density at radius 2 is 1.58 bits per heavy atom. The van der Waals surface area contributed by atoms with Gasteiger partial charge in [-0.25, -0.2) is 0 Å². The highest BCUT2D eigenvalue weighted by atomic mass is 15.4. The predicted octanol–water partition coefficient (Wildman–Crippen LogP) is 5.47. The van der Waals surface area contributed by atoms with E-state index in [1.807, 2.05) is 24.3 Å². The van der Waals surface area contributed by atoms with Crippen molar-refractivity contribution in [2.24, 2.45) is 0 Å². The largest absolute Gasteiger partial charge is 0.353 e. The van der Waals surface area contributed by atoms with Crippen molar-refractivity contribution < 1.29 is 0 Å². The van der Waals surface area contributed by atoms with Crippen molar-refractivity contribution in [2.75, 3.05) is 16.8 Å². The third-order valence-electron chi connectivity index (χ3n) is 5.24. The van der Waals surface area contributed by atoms with Crippen LogP contribution < -0.4 is 9.80 Å². The first kappa shape index (κ1) is 16.2. The van der Waals surface area contributed by atoms with E-state index < -0.39 is 0 Å². The lowest BCUT2D eigenvalue weighted by atomic mass is 10.0. The Hall–Kier alpha value is -3.25. The van der Waals surface area contributed by atoms with Crippen molar-refractivity contribution in [2.45, 2.75) is 20.0 Å². The van der Waals surface area contributed by atoms with Gasteiger partial charge in [-0.15, -0.1) is 0 Å². The number of nitrogens with zero attached hydrogens (tertiary/aromatic N) is 3. The average molecular weight is 339 g/mol. The number of hydrogen-bond acceptors (Lipinski definition) is 3. The fourth-order valence-electron chi connectivity index (χ4n) is 3.73. The molecule has 0 aliphatic carbocycles. The molecule has 1 heterocycles. The Bertz CT molecular complexity index is 1000. The molecule has 128 valence electrons. The van der Waals surface area contributed by atoms with Crippen LogP contribution in [0.4, 0.5) is 17.1 Å². The molecule has 0 radical (unpaired) electrons. The van der Waals surface area contributed by atoms with Gasteiger partial charge in [0.25, 0.3) is 0 Å². The van der Waals surface area contributed by atoms with Crippen molar-refractivity contribution in [1.82, 2.24) is 0 Å². The number of nitriles is 1. The Morgan fingerprint density at radius 3 is 2.27 bits per heavy atom. The molecule has 0 saturated carbocycles. The molecule has 0 bridgehead atoms. The summed E-state index contributed by atoms with van der Waals surface area (Å²) in [6.07, 6.45) is 0.195. The third-order valence-corrected chi connectivity index (χ3v) is 5.24. The second-order valence-electron chi connectivity index (χ2n) is 6.80. The Labute approximate surface area is 154 Å². The smallest absolute Gasteiger partial charge is 0.103 e. The van der Waals surface area contributed by atoms with E-state index in [0.717, 1.165) is 11.4 Å². The summed E-state index contributed by atoms with van der Waals surface area (Å²) in [4.78, 5) is 4.57. The Balaban J connectivity index is 1.80. The normalized spacial score (nSPS) is 15.7. The number of rotatable bonds is 2. The fourth-order valence-corrected chi connectivity index (χ4v) is 3.73. The van der Waals surface area contributed by atoms with E-state index in [1.54, 1.807) is 0 Å². The van der Waals surface area contributed by atoms with Crippen LogP contribution in [-0.4, -0.2) is 13.2 Å². The second kappa shape index (κ2) is 6.24. The highest BCUT2D eigenvalue weighted by Crippen LogP contribution is 2.45. The van der Waals surface area contributed by atoms with Gasteiger partial charge in [-0.05, 0) is 60.9 Å². The van der Waals surface area contributed by atoms with Gasteiger partial charge in [0.2, 0.25) is 0 Å². The van der Waals surface area contributed by atoms with Crippen LogP contribution in [0.3, 0.4) is 0 Å². The minimum Gasteiger partial charge on any atom is -0.353 e. The topological polar surface area (TPSA) is 30.3 Å². The van der Waals surface area contributed by atoms with Crippen LogP contribution in [0.25, 0.3) is 11.1 Å². The lowest BCUT2D eigenvalue weighted by Gasteiger charge is -2.29. The molecule has 1 unspecified atom stereocenters. The molecule has 1 aliphatic heterocycles. The van der Waals surface area contributed by atoms with Crippen molar-refractivity contribution in [3.63, 3.8) is 0 Å². The molecule has 3 nitrogen and oxygen atoms in total. The van der Waals surface area contributed by atoms with Gasteiger partial charge >= 0.3 is 0 Å². The molecule has 26 heavy (non-hydrogen) atoms. The van der Waals surface area contributed by atoms with Crippen LogP contribution in [0, 0.1) is 18.3 Å². The Morgan fingerprint density at radius 1 is 0.846 bits per heavy atom. The summed E-state index contributed by atoms with van der Waals surface area (Å²) < 4.78 is 0. The highest BCUT2D eigenvalue weighted by Gasteiger charge is 2.32. The van der Waals surface area contributed by atoms with E-state index in [1.165, 1.54) is 22.4 Å². The molecule has 0 aromatic heterocycles. The zero-order valence-electron chi connectivity index (χ0n) is 15.3. The molecule has 1 aliphatic rings. The van der Waals surface area contributed by atoms with E-state index in [0.29, 0.717) is 5.56 Å². The zero-order valence-corrected chi connectivity index (χ0v) is 15.3. The fraction of sp³-hybridized carbons (Fsp3) is 0.174. The monoisotopic (exact) mass is 339 g/mol. The van der Waals surface area contributed by atoms with Gasteiger partial charge in [0.05, 0.1) is 23.0 Å². The number of aryl methyl sites for hydroxylation is 1. The molecule has 0 saturated heterocycles. The summed E-state index contributed by atoms with van der Waals surface area (Å²) in [6, 6.07) is 25.2. The highest BCUT2D eigenvalue weighted by molar-refractivity contribution is 5.86. The minimum atomic E-state index is 0.195. The van der Waals surface area contributed by atoms with Gasteiger partial charge in [0, 0.05) is 12.7 Å². The lowest BCUT2D eigenvalue weighted by molar-refractivity contribution is 0.732. The maximum atomic E-state index is 9.29. The van der Waals surface area contributed by atoms with E-state index in [-0.39, 0.29) is 6.17 Å². The van der Waals surface area contributed by atoms with Gasteiger partial charge in [0.1, 0.15) is 6.17 Å². The Kier molecular flexibility index (Phi) is 3.89. The molecule has 3 heteroatoms. The average Bonchev–Trinajstić information content (AvgIpc) is 2.92. The van der Waals surface area contributed by atoms with Gasteiger partial charge in [-0.1, -0.05) is 36.4 Å². The molecule has 3 aromatic rings. The van der Waals surface area contributed by atoms with Gasteiger partial charge in [0.15, 0.2) is 0 Å². The van der Waals surface area contributed by atoms with Crippen molar-refractivity contribution >= 4 is 17.1 Å². The molecule has 0 N–H and O–H groups in total. The van der Waals surface area contributed by atoms with Gasteiger partial charge in [-0.2, -0.15) is 5.26 Å². The molecule has 0 spiro atoms. The van der Waals surface area contributed by atoms with Crippen molar-refractivity contribution in [3.05, 3.63) is 77.9 Å². The lowest BCUT2D eigenvalue weighted by Crippen LogP contribution is -2.35. The van der Waals surface area contributed by atoms with Crippen molar-refractivity contribution in [1.29, 1.82) is 5.26 Å². The molecular weight excluding hydrogens is 318 g/mol. The maximum Gasteiger partial charge on any atom is 0.103 e. The molecule has 1 atom stereocenters. The molecule has 0 amide bonds. The standard InChI is InChI=1S/C23H21N3/c1-16-13-20(19-7-5-4-6-8-19)10-12-21(16)26-17(2)25(3)22-11-9-18(15-24)14-23(22)26/h4-14,17H,1-3H3. The second-order valence-corrected chi connectivity index (χ2v) is 6.80. The van der Waals surface area contributed by atoms with E-state index in [2.05, 4.69) is 79.2 Å². The molecular formula is C23H21N3. The first-order chi connectivity index (χ1) is 12.6. The van der Waals surface area contributed by atoms with E-state index >= 15 is 0 Å². The summed E-state index contributed by atoms with van der Waals surface area (Å²) in [5, 5.41) is 9.29. The maximum absolute atomic E-state index is 9.29. The van der Waals surface area contributed by atoms with Gasteiger partial charge in [-0.3, -0.25) is 0 Å². The van der Waals surface area contributed by atoms with Crippen LogP contribution in [0.1, 0.15) is 18.1 Å². The van der Waals surface area contributed by atoms with Crippen LogP contribution in [0.5, 0.6) is 0 Å². The molecule has 3 aromatic carbocycles. The minimum absolute atomic E-state index is 0.195. The van der Waals surface area contributed by atoms with Crippen LogP contribution in [0.15, 0.2) is 66.7 Å². The van der Waals surface area contributed by atoms with Crippen LogP contribution >= 0.6 is 0 Å². The number of hydrogen-bond donors (Lipinski definition) is 0. The third kappa shape index (κ3) is 2.51. The predicted molar refractivity (Wildman–Crippen MR) is 108 cm³/mol. The van der Waals surface area contributed by atoms with E-state index in [4.69, 9.17) is 0 Å². The number of benzene rings is 3.